The Morgan fingerprint density at radius 2 is 1.91 bits per heavy atom. The Hall–Kier alpha value is -3.62. The number of carbonyl (C=O) groups excluding carboxylic acids is 3. The van der Waals surface area contributed by atoms with E-state index in [-0.39, 0.29) is 18.1 Å². The van der Waals surface area contributed by atoms with Crippen LogP contribution in [0.15, 0.2) is 63.9 Å². The zero-order valence-electron chi connectivity index (χ0n) is 18.1. The lowest BCUT2D eigenvalue weighted by molar-refractivity contribution is -0.127. The van der Waals surface area contributed by atoms with Crippen LogP contribution in [0, 0.1) is 13.8 Å². The van der Waals surface area contributed by atoms with Crippen molar-refractivity contribution >= 4 is 40.6 Å². The molecular weight excluding hydrogens is 440 g/mol. The van der Waals surface area contributed by atoms with E-state index < -0.39 is 17.1 Å². The summed E-state index contributed by atoms with van der Waals surface area (Å²) in [7, 11) is 0. The molecule has 3 amide bonds. The molecule has 1 fully saturated rings. The molecule has 2 N–H and O–H groups in total. The maximum atomic E-state index is 12.7. The van der Waals surface area contributed by atoms with Crippen molar-refractivity contribution in [2.24, 2.45) is 0 Å². The maximum Gasteiger partial charge on any atom is 0.294 e. The van der Waals surface area contributed by atoms with E-state index in [9.17, 15) is 19.5 Å². The van der Waals surface area contributed by atoms with Crippen LogP contribution in [0.1, 0.15) is 22.5 Å². The Morgan fingerprint density at radius 1 is 1.12 bits per heavy atom. The summed E-state index contributed by atoms with van der Waals surface area (Å²) in [5, 5.41) is 11.7. The summed E-state index contributed by atoms with van der Waals surface area (Å²) in [6.45, 7) is 3.36. The number of furan rings is 1. The highest BCUT2D eigenvalue weighted by Crippen LogP contribution is 2.34. The first-order valence-corrected chi connectivity index (χ1v) is 11.1. The number of aliphatic hydroxyl groups is 1. The van der Waals surface area contributed by atoms with Crippen molar-refractivity contribution in [1.82, 2.24) is 4.90 Å². The topological polar surface area (TPSA) is 99.8 Å². The number of hydrogen-bond acceptors (Lipinski definition) is 6. The summed E-state index contributed by atoms with van der Waals surface area (Å²) in [5.41, 5.74) is 4.13. The number of carbonyl (C=O) groups is 3. The summed E-state index contributed by atoms with van der Waals surface area (Å²) in [5.74, 6) is 0.00352. The summed E-state index contributed by atoms with van der Waals surface area (Å²) in [4.78, 5) is 38.6. The van der Waals surface area contributed by atoms with Gasteiger partial charge in [0.15, 0.2) is 0 Å². The van der Waals surface area contributed by atoms with Crippen molar-refractivity contribution in [2.75, 3.05) is 11.9 Å². The van der Waals surface area contributed by atoms with E-state index in [1.54, 1.807) is 24.3 Å². The highest BCUT2D eigenvalue weighted by atomic mass is 32.2. The highest BCUT2D eigenvalue weighted by molar-refractivity contribution is 8.18. The first kappa shape index (κ1) is 22.6. The number of thioether (sulfide) groups is 1. The van der Waals surface area contributed by atoms with Crippen LogP contribution in [0.2, 0.25) is 0 Å². The number of aryl methyl sites for hydroxylation is 1. The second-order valence-electron chi connectivity index (χ2n) is 7.64. The van der Waals surface area contributed by atoms with Gasteiger partial charge in [-0.2, -0.15) is 0 Å². The molecule has 0 atom stereocenters. The van der Waals surface area contributed by atoms with Crippen LogP contribution in [0.25, 0.3) is 17.4 Å². The third-order valence-electron chi connectivity index (χ3n) is 5.26. The first-order valence-electron chi connectivity index (χ1n) is 10.3. The molecule has 168 valence electrons. The fourth-order valence-corrected chi connectivity index (χ4v) is 4.35. The molecule has 1 aliphatic rings. The molecule has 0 bridgehead atoms. The van der Waals surface area contributed by atoms with E-state index in [1.807, 2.05) is 44.2 Å². The molecule has 0 saturated carbocycles. The predicted molar refractivity (Wildman–Crippen MR) is 127 cm³/mol. The summed E-state index contributed by atoms with van der Waals surface area (Å²) >= 11 is 0.767. The van der Waals surface area contributed by atoms with Gasteiger partial charge in [0, 0.05) is 17.3 Å². The SMILES string of the molecule is Cc1cccc(NC(=O)CN2C(=O)S/C(=C\c3ccc(-c4cccc(CO)c4C)o3)C2=O)c1. The largest absolute Gasteiger partial charge is 0.457 e. The van der Waals surface area contributed by atoms with Gasteiger partial charge in [-0.15, -0.1) is 0 Å². The average molecular weight is 463 g/mol. The van der Waals surface area contributed by atoms with Gasteiger partial charge >= 0.3 is 0 Å². The molecule has 33 heavy (non-hydrogen) atoms. The zero-order chi connectivity index (χ0) is 23.5. The highest BCUT2D eigenvalue weighted by Gasteiger charge is 2.36. The normalized spacial score (nSPS) is 14.9. The minimum absolute atomic E-state index is 0.0716. The lowest BCUT2D eigenvalue weighted by Gasteiger charge is -2.12. The van der Waals surface area contributed by atoms with Crippen LogP contribution < -0.4 is 5.32 Å². The Morgan fingerprint density at radius 3 is 2.67 bits per heavy atom. The van der Waals surface area contributed by atoms with Gasteiger partial charge in [0.2, 0.25) is 5.91 Å². The van der Waals surface area contributed by atoms with Crippen LogP contribution in [-0.2, 0) is 16.2 Å². The van der Waals surface area contributed by atoms with E-state index >= 15 is 0 Å². The van der Waals surface area contributed by atoms with E-state index in [4.69, 9.17) is 4.42 Å². The molecular formula is C25H22N2O5S. The summed E-state index contributed by atoms with van der Waals surface area (Å²) in [6.07, 6.45) is 1.50. The molecule has 1 saturated heterocycles. The summed E-state index contributed by atoms with van der Waals surface area (Å²) < 4.78 is 5.87. The second-order valence-corrected chi connectivity index (χ2v) is 8.63. The van der Waals surface area contributed by atoms with E-state index in [1.165, 1.54) is 6.08 Å². The summed E-state index contributed by atoms with van der Waals surface area (Å²) in [6, 6.07) is 16.3. The third-order valence-corrected chi connectivity index (χ3v) is 6.17. The average Bonchev–Trinajstić information content (AvgIpc) is 3.34. The molecule has 1 aromatic heterocycles. The number of hydrogen-bond donors (Lipinski definition) is 2. The van der Waals surface area contributed by atoms with Crippen molar-refractivity contribution in [3.63, 3.8) is 0 Å². The fraction of sp³-hybridized carbons (Fsp3) is 0.160. The molecule has 2 heterocycles. The van der Waals surface area contributed by atoms with Gasteiger partial charge < -0.3 is 14.8 Å². The first-order chi connectivity index (χ1) is 15.9. The molecule has 0 radical (unpaired) electrons. The van der Waals surface area contributed by atoms with E-state index in [0.29, 0.717) is 17.2 Å². The lowest BCUT2D eigenvalue weighted by Crippen LogP contribution is -2.36. The minimum Gasteiger partial charge on any atom is -0.457 e. The van der Waals surface area contributed by atoms with E-state index in [0.717, 1.165) is 38.9 Å². The van der Waals surface area contributed by atoms with Crippen LogP contribution in [0.5, 0.6) is 0 Å². The number of amides is 3. The van der Waals surface area contributed by atoms with E-state index in [2.05, 4.69) is 5.32 Å². The van der Waals surface area contributed by atoms with Gasteiger partial charge in [-0.1, -0.05) is 30.3 Å². The molecule has 3 aromatic rings. The molecule has 0 aliphatic carbocycles. The van der Waals surface area contributed by atoms with Gasteiger partial charge in [0.25, 0.3) is 11.1 Å². The Balaban J connectivity index is 1.48. The van der Waals surface area contributed by atoms with Crippen molar-refractivity contribution in [1.29, 1.82) is 0 Å². The quantitative estimate of drug-likeness (QED) is 0.514. The van der Waals surface area contributed by atoms with Gasteiger partial charge in [0.05, 0.1) is 11.5 Å². The third kappa shape index (κ3) is 4.92. The van der Waals surface area contributed by atoms with Crippen LogP contribution in [-0.4, -0.2) is 33.6 Å². The number of benzene rings is 2. The van der Waals surface area contributed by atoms with Crippen molar-refractivity contribution in [3.05, 3.63) is 82.0 Å². The molecule has 0 unspecified atom stereocenters. The van der Waals surface area contributed by atoms with Crippen LogP contribution >= 0.6 is 11.8 Å². The molecule has 8 heteroatoms. The smallest absolute Gasteiger partial charge is 0.294 e. The molecule has 4 rings (SSSR count). The van der Waals surface area contributed by atoms with Crippen molar-refractivity contribution < 1.29 is 23.9 Å². The van der Waals surface area contributed by atoms with Crippen molar-refractivity contribution in [2.45, 2.75) is 20.5 Å². The number of rotatable bonds is 6. The lowest BCUT2D eigenvalue weighted by atomic mass is 10.0. The number of nitrogens with zero attached hydrogens (tertiary/aromatic N) is 1. The van der Waals surface area contributed by atoms with Gasteiger partial charge in [-0.05, 0) is 66.6 Å². The predicted octanol–water partition coefficient (Wildman–Crippen LogP) is 4.73. The standard InChI is InChI=1S/C25H22N2O5S/c1-15-5-3-7-18(11-15)26-23(29)13-27-24(30)22(33-25(27)31)12-19-9-10-21(32-19)20-8-4-6-17(14-28)16(20)2/h3-12,28H,13-14H2,1-2H3,(H,26,29)/b22-12-. The van der Waals surface area contributed by atoms with Crippen LogP contribution in [0.3, 0.4) is 0 Å². The number of nitrogens with one attached hydrogen (secondary N) is 1. The molecule has 7 nitrogen and oxygen atoms in total. The number of imide groups is 1. The van der Waals surface area contributed by atoms with Crippen LogP contribution in [0.4, 0.5) is 10.5 Å². The maximum absolute atomic E-state index is 12.7. The molecule has 2 aromatic carbocycles. The van der Waals surface area contributed by atoms with Gasteiger partial charge in [-0.3, -0.25) is 19.3 Å². The molecule has 1 aliphatic heterocycles. The minimum atomic E-state index is -0.541. The molecule has 0 spiro atoms. The zero-order valence-corrected chi connectivity index (χ0v) is 18.9. The number of aliphatic hydroxyl groups excluding tert-OH is 1. The second kappa shape index (κ2) is 9.48. The van der Waals surface area contributed by atoms with Gasteiger partial charge in [-0.25, -0.2) is 0 Å². The Kier molecular flexibility index (Phi) is 6.48. The number of anilines is 1. The van der Waals surface area contributed by atoms with Crippen molar-refractivity contribution in [3.8, 4) is 11.3 Å². The monoisotopic (exact) mass is 462 g/mol. The van der Waals surface area contributed by atoms with Gasteiger partial charge in [0.1, 0.15) is 18.1 Å². The Labute approximate surface area is 195 Å². The Bertz CT molecular complexity index is 1280. The fourth-order valence-electron chi connectivity index (χ4n) is 3.53.